The molecule has 0 aromatic carbocycles. The summed E-state index contributed by atoms with van der Waals surface area (Å²) >= 11 is 0. The van der Waals surface area contributed by atoms with Crippen LogP contribution in [0.2, 0.25) is 0 Å². The molecule has 26 heavy (non-hydrogen) atoms. The SMILES string of the molecule is CCC(C)COCCOCCOCCOCCCNC(=O)CCC(=O)O. The molecule has 1 amide bonds. The topological polar surface area (TPSA) is 103 Å². The zero-order chi connectivity index (χ0) is 19.5. The first-order valence-corrected chi connectivity index (χ1v) is 9.35. The lowest BCUT2D eigenvalue weighted by molar-refractivity contribution is -0.138. The first-order valence-electron chi connectivity index (χ1n) is 9.35. The molecule has 154 valence electrons. The minimum Gasteiger partial charge on any atom is -0.481 e. The Morgan fingerprint density at radius 1 is 0.885 bits per heavy atom. The van der Waals surface area contributed by atoms with Gasteiger partial charge in [0.05, 0.1) is 46.1 Å². The molecule has 0 saturated heterocycles. The average molecular weight is 377 g/mol. The lowest BCUT2D eigenvalue weighted by atomic mass is 10.1. The van der Waals surface area contributed by atoms with Crippen molar-refractivity contribution in [3.63, 3.8) is 0 Å². The van der Waals surface area contributed by atoms with Crippen LogP contribution in [0, 0.1) is 5.92 Å². The van der Waals surface area contributed by atoms with Crippen LogP contribution in [-0.2, 0) is 28.5 Å². The smallest absolute Gasteiger partial charge is 0.303 e. The Labute approximate surface area is 156 Å². The molecule has 0 aromatic rings. The van der Waals surface area contributed by atoms with Crippen molar-refractivity contribution in [2.24, 2.45) is 5.92 Å². The number of carbonyl (C=O) groups is 2. The molecule has 0 fully saturated rings. The fourth-order valence-corrected chi connectivity index (χ4v) is 1.77. The van der Waals surface area contributed by atoms with Crippen LogP contribution >= 0.6 is 0 Å². The van der Waals surface area contributed by atoms with E-state index in [1.54, 1.807) is 0 Å². The molecule has 8 nitrogen and oxygen atoms in total. The van der Waals surface area contributed by atoms with Crippen LogP contribution in [0.4, 0.5) is 0 Å². The van der Waals surface area contributed by atoms with E-state index < -0.39 is 5.97 Å². The highest BCUT2D eigenvalue weighted by molar-refractivity contribution is 5.80. The van der Waals surface area contributed by atoms with Gasteiger partial charge in [0.1, 0.15) is 0 Å². The van der Waals surface area contributed by atoms with Crippen LogP contribution in [0.1, 0.15) is 39.5 Å². The molecule has 0 radical (unpaired) electrons. The van der Waals surface area contributed by atoms with E-state index in [2.05, 4.69) is 19.2 Å². The van der Waals surface area contributed by atoms with Crippen molar-refractivity contribution in [2.45, 2.75) is 39.5 Å². The molecule has 0 saturated carbocycles. The molecule has 2 N–H and O–H groups in total. The number of ether oxygens (including phenoxy) is 4. The first-order chi connectivity index (χ1) is 12.6. The zero-order valence-electron chi connectivity index (χ0n) is 16.2. The summed E-state index contributed by atoms with van der Waals surface area (Å²) in [5.41, 5.74) is 0. The summed E-state index contributed by atoms with van der Waals surface area (Å²) < 4.78 is 21.6. The third-order valence-corrected chi connectivity index (χ3v) is 3.57. The number of carbonyl (C=O) groups excluding carboxylic acids is 1. The number of carboxylic acid groups (broad SMARTS) is 1. The summed E-state index contributed by atoms with van der Waals surface area (Å²) in [6.07, 6.45) is 1.67. The third-order valence-electron chi connectivity index (χ3n) is 3.57. The lowest BCUT2D eigenvalue weighted by Gasteiger charge is -2.10. The van der Waals surface area contributed by atoms with Crippen LogP contribution in [-0.4, -0.2) is 76.4 Å². The van der Waals surface area contributed by atoms with Gasteiger partial charge >= 0.3 is 5.97 Å². The second kappa shape index (κ2) is 18.6. The summed E-state index contributed by atoms with van der Waals surface area (Å²) in [5.74, 6) is -0.628. The largest absolute Gasteiger partial charge is 0.481 e. The molecule has 0 aromatic heterocycles. The van der Waals surface area contributed by atoms with Crippen molar-refractivity contribution in [3.05, 3.63) is 0 Å². The van der Waals surface area contributed by atoms with E-state index in [-0.39, 0.29) is 18.7 Å². The van der Waals surface area contributed by atoms with Gasteiger partial charge in [-0.05, 0) is 12.3 Å². The fourth-order valence-electron chi connectivity index (χ4n) is 1.77. The number of aliphatic carboxylic acids is 1. The Morgan fingerprint density at radius 3 is 1.96 bits per heavy atom. The number of hydrogen-bond donors (Lipinski definition) is 2. The molecule has 1 unspecified atom stereocenters. The molecule has 1 atom stereocenters. The predicted molar refractivity (Wildman–Crippen MR) is 97.2 cm³/mol. The molecule has 8 heteroatoms. The minimum absolute atomic E-state index is 0.0100. The van der Waals surface area contributed by atoms with Crippen molar-refractivity contribution in [2.75, 3.05) is 59.4 Å². The van der Waals surface area contributed by atoms with Gasteiger partial charge < -0.3 is 29.4 Å². The number of hydrogen-bond acceptors (Lipinski definition) is 6. The second-order valence-electron chi connectivity index (χ2n) is 6.02. The Balaban J connectivity index is 3.13. The van der Waals surface area contributed by atoms with Crippen molar-refractivity contribution in [1.29, 1.82) is 0 Å². The highest BCUT2D eigenvalue weighted by atomic mass is 16.6. The van der Waals surface area contributed by atoms with Gasteiger partial charge in [0, 0.05) is 26.2 Å². The van der Waals surface area contributed by atoms with Crippen molar-refractivity contribution < 1.29 is 33.6 Å². The average Bonchev–Trinajstić information content (AvgIpc) is 2.62. The zero-order valence-corrected chi connectivity index (χ0v) is 16.2. The van der Waals surface area contributed by atoms with Gasteiger partial charge in [-0.15, -0.1) is 0 Å². The Hall–Kier alpha value is -1.22. The van der Waals surface area contributed by atoms with Crippen LogP contribution < -0.4 is 5.32 Å². The Bertz CT molecular complexity index is 352. The molecule has 0 aliphatic rings. The van der Waals surface area contributed by atoms with Crippen LogP contribution in [0.15, 0.2) is 0 Å². The summed E-state index contributed by atoms with van der Waals surface area (Å²) in [6, 6.07) is 0. The van der Waals surface area contributed by atoms with E-state index in [0.29, 0.717) is 65.1 Å². The van der Waals surface area contributed by atoms with Crippen LogP contribution in [0.5, 0.6) is 0 Å². The maximum Gasteiger partial charge on any atom is 0.303 e. The molecule has 0 aliphatic carbocycles. The molecule has 0 heterocycles. The van der Waals surface area contributed by atoms with Crippen molar-refractivity contribution in [3.8, 4) is 0 Å². The highest BCUT2D eigenvalue weighted by Crippen LogP contribution is 1.99. The van der Waals surface area contributed by atoms with Gasteiger partial charge in [-0.3, -0.25) is 9.59 Å². The molecular weight excluding hydrogens is 342 g/mol. The van der Waals surface area contributed by atoms with E-state index in [4.69, 9.17) is 24.1 Å². The predicted octanol–water partition coefficient (Wildman–Crippen LogP) is 1.47. The van der Waals surface area contributed by atoms with Crippen molar-refractivity contribution >= 4 is 11.9 Å². The molecule has 0 rings (SSSR count). The number of rotatable bonds is 19. The second-order valence-corrected chi connectivity index (χ2v) is 6.02. The van der Waals surface area contributed by atoms with Gasteiger partial charge in [-0.1, -0.05) is 20.3 Å². The number of nitrogens with one attached hydrogen (secondary N) is 1. The fraction of sp³-hybridized carbons (Fsp3) is 0.889. The summed E-state index contributed by atoms with van der Waals surface area (Å²) in [5, 5.41) is 11.1. The number of carboxylic acids is 1. The van der Waals surface area contributed by atoms with Gasteiger partial charge in [0.15, 0.2) is 0 Å². The van der Waals surface area contributed by atoms with E-state index >= 15 is 0 Å². The van der Waals surface area contributed by atoms with E-state index in [1.807, 2.05) is 0 Å². The summed E-state index contributed by atoms with van der Waals surface area (Å²) in [6.45, 7) is 9.32. The quantitative estimate of drug-likeness (QED) is 0.329. The molecular formula is C18H35NO7. The maximum atomic E-state index is 11.3. The van der Waals surface area contributed by atoms with Crippen LogP contribution in [0.3, 0.4) is 0 Å². The standard InChI is InChI=1S/C18H35NO7/c1-3-16(2)15-26-14-13-25-12-11-24-10-9-23-8-4-7-19-17(20)5-6-18(21)22/h16H,3-15H2,1-2H3,(H,19,20)(H,21,22). The summed E-state index contributed by atoms with van der Waals surface area (Å²) in [4.78, 5) is 21.6. The lowest BCUT2D eigenvalue weighted by Crippen LogP contribution is -2.25. The maximum absolute atomic E-state index is 11.3. The monoisotopic (exact) mass is 377 g/mol. The Morgan fingerprint density at radius 2 is 1.42 bits per heavy atom. The normalized spacial score (nSPS) is 12.1. The van der Waals surface area contributed by atoms with Gasteiger partial charge in [0.25, 0.3) is 0 Å². The van der Waals surface area contributed by atoms with Gasteiger partial charge in [-0.25, -0.2) is 0 Å². The third kappa shape index (κ3) is 19.1. The van der Waals surface area contributed by atoms with Gasteiger partial charge in [0.2, 0.25) is 5.91 Å². The van der Waals surface area contributed by atoms with E-state index in [1.165, 1.54) is 0 Å². The molecule has 0 bridgehead atoms. The van der Waals surface area contributed by atoms with E-state index in [9.17, 15) is 9.59 Å². The molecule has 0 aliphatic heterocycles. The summed E-state index contributed by atoms with van der Waals surface area (Å²) in [7, 11) is 0. The Kier molecular flexibility index (Phi) is 17.7. The number of amides is 1. The minimum atomic E-state index is -0.969. The molecule has 0 spiro atoms. The first kappa shape index (κ1) is 24.8. The van der Waals surface area contributed by atoms with Gasteiger partial charge in [-0.2, -0.15) is 0 Å². The van der Waals surface area contributed by atoms with Crippen LogP contribution in [0.25, 0.3) is 0 Å². The highest BCUT2D eigenvalue weighted by Gasteiger charge is 2.04. The van der Waals surface area contributed by atoms with Crippen molar-refractivity contribution in [1.82, 2.24) is 5.32 Å². The van der Waals surface area contributed by atoms with E-state index in [0.717, 1.165) is 13.0 Å².